The highest BCUT2D eigenvalue weighted by molar-refractivity contribution is 5.35. The molecule has 0 radical (unpaired) electrons. The minimum Gasteiger partial charge on any atom is -0.310 e. The normalized spacial score (nSPS) is 12.2. The fourth-order valence-electron chi connectivity index (χ4n) is 1.94. The quantitative estimate of drug-likeness (QED) is 0.474. The first-order valence-electron chi connectivity index (χ1n) is 6.48. The number of aromatic nitrogens is 3. The summed E-state index contributed by atoms with van der Waals surface area (Å²) in [5.41, 5.74) is 1.04. The zero-order valence-electron chi connectivity index (χ0n) is 11.3. The minimum atomic E-state index is -0.374. The van der Waals surface area contributed by atoms with E-state index in [2.05, 4.69) is 15.6 Å². The highest BCUT2D eigenvalue weighted by atomic mass is 16.6. The molecular weight excluding hydrogens is 258 g/mol. The lowest BCUT2D eigenvalue weighted by Gasteiger charge is -2.13. The summed E-state index contributed by atoms with van der Waals surface area (Å²) >= 11 is 0. The van der Waals surface area contributed by atoms with Crippen LogP contribution in [0.25, 0.3) is 0 Å². The van der Waals surface area contributed by atoms with Crippen molar-refractivity contribution in [3.63, 3.8) is 0 Å². The van der Waals surface area contributed by atoms with E-state index in [0.717, 1.165) is 25.1 Å². The van der Waals surface area contributed by atoms with Crippen LogP contribution in [0, 0.1) is 10.1 Å². The second-order valence-corrected chi connectivity index (χ2v) is 4.55. The van der Waals surface area contributed by atoms with Crippen molar-refractivity contribution in [3.8, 4) is 0 Å². The summed E-state index contributed by atoms with van der Waals surface area (Å²) < 4.78 is 1.78. The molecule has 1 aromatic carbocycles. The maximum Gasteiger partial charge on any atom is 0.269 e. The van der Waals surface area contributed by atoms with Crippen molar-refractivity contribution < 1.29 is 4.92 Å². The van der Waals surface area contributed by atoms with E-state index in [-0.39, 0.29) is 16.7 Å². The highest BCUT2D eigenvalue weighted by Crippen LogP contribution is 2.18. The Labute approximate surface area is 116 Å². The first-order valence-corrected chi connectivity index (χ1v) is 6.48. The smallest absolute Gasteiger partial charge is 0.269 e. The van der Waals surface area contributed by atoms with E-state index in [4.69, 9.17) is 0 Å². The number of hydrogen-bond donors (Lipinski definition) is 1. The molecule has 1 N–H and O–H groups in total. The first-order chi connectivity index (χ1) is 9.66. The summed E-state index contributed by atoms with van der Waals surface area (Å²) in [5.74, 6) is 0. The molecule has 1 aromatic heterocycles. The first kappa shape index (κ1) is 14.1. The average Bonchev–Trinajstić information content (AvgIpc) is 2.96. The van der Waals surface area contributed by atoms with Crippen LogP contribution in [0.5, 0.6) is 0 Å². The number of aryl methyl sites for hydroxylation is 1. The minimum absolute atomic E-state index is 0.0747. The second kappa shape index (κ2) is 6.76. The number of nitrogens with one attached hydrogen (secondary N) is 1. The van der Waals surface area contributed by atoms with Crippen LogP contribution in [-0.2, 0) is 6.54 Å². The van der Waals surface area contributed by atoms with Gasteiger partial charge >= 0.3 is 0 Å². The van der Waals surface area contributed by atoms with Gasteiger partial charge in [-0.2, -0.15) is 0 Å². The van der Waals surface area contributed by atoms with Crippen molar-refractivity contribution in [3.05, 3.63) is 52.3 Å². The number of nitrogens with zero attached hydrogens (tertiary/aromatic N) is 4. The van der Waals surface area contributed by atoms with E-state index in [1.54, 1.807) is 23.0 Å². The third-order valence-corrected chi connectivity index (χ3v) is 3.07. The van der Waals surface area contributed by atoms with Crippen LogP contribution in [0.15, 0.2) is 36.7 Å². The fourth-order valence-corrected chi connectivity index (χ4v) is 1.94. The van der Waals surface area contributed by atoms with Crippen LogP contribution >= 0.6 is 0 Å². The van der Waals surface area contributed by atoms with Gasteiger partial charge in [0.2, 0.25) is 0 Å². The standard InChI is InChI=1S/C13H17N5O2/c1-11(12-4-2-5-13(10-12)18(19)20)14-6-3-8-17-9-7-15-16-17/h2,4-5,7,9-11,14H,3,6,8H2,1H3. The zero-order chi connectivity index (χ0) is 14.4. The van der Waals surface area contributed by atoms with Gasteiger partial charge in [0.25, 0.3) is 5.69 Å². The Morgan fingerprint density at radius 3 is 3.05 bits per heavy atom. The monoisotopic (exact) mass is 275 g/mol. The molecule has 0 amide bonds. The Morgan fingerprint density at radius 1 is 1.50 bits per heavy atom. The summed E-state index contributed by atoms with van der Waals surface area (Å²) in [6.07, 6.45) is 4.39. The summed E-state index contributed by atoms with van der Waals surface area (Å²) in [7, 11) is 0. The predicted octanol–water partition coefficient (Wildman–Crippen LogP) is 1.93. The van der Waals surface area contributed by atoms with E-state index in [1.807, 2.05) is 19.2 Å². The average molecular weight is 275 g/mol. The maximum absolute atomic E-state index is 10.7. The number of benzene rings is 1. The van der Waals surface area contributed by atoms with Crippen molar-refractivity contribution in [2.45, 2.75) is 25.9 Å². The number of non-ortho nitro benzene ring substituents is 1. The molecule has 0 saturated heterocycles. The fraction of sp³-hybridized carbons (Fsp3) is 0.385. The lowest BCUT2D eigenvalue weighted by molar-refractivity contribution is -0.384. The Balaban J connectivity index is 1.80. The van der Waals surface area contributed by atoms with Gasteiger partial charge in [-0.1, -0.05) is 17.3 Å². The molecule has 1 atom stereocenters. The topological polar surface area (TPSA) is 85.9 Å². The molecule has 106 valence electrons. The van der Waals surface area contributed by atoms with E-state index in [1.165, 1.54) is 6.07 Å². The van der Waals surface area contributed by atoms with Crippen LogP contribution in [0.2, 0.25) is 0 Å². The van der Waals surface area contributed by atoms with Gasteiger partial charge < -0.3 is 5.32 Å². The largest absolute Gasteiger partial charge is 0.310 e. The summed E-state index contributed by atoms with van der Waals surface area (Å²) in [4.78, 5) is 10.4. The molecule has 0 aliphatic heterocycles. The maximum atomic E-state index is 10.7. The molecule has 7 nitrogen and oxygen atoms in total. The van der Waals surface area contributed by atoms with E-state index in [9.17, 15) is 10.1 Å². The van der Waals surface area contributed by atoms with Gasteiger partial charge in [-0.05, 0) is 25.5 Å². The van der Waals surface area contributed by atoms with Crippen LogP contribution in [0.1, 0.15) is 24.9 Å². The van der Waals surface area contributed by atoms with Gasteiger partial charge in [-0.15, -0.1) is 5.10 Å². The van der Waals surface area contributed by atoms with Gasteiger partial charge in [0, 0.05) is 30.9 Å². The van der Waals surface area contributed by atoms with E-state index < -0.39 is 0 Å². The van der Waals surface area contributed by atoms with Gasteiger partial charge in [-0.25, -0.2) is 0 Å². The Morgan fingerprint density at radius 2 is 2.35 bits per heavy atom. The summed E-state index contributed by atoms with van der Waals surface area (Å²) in [5, 5.41) is 21.7. The van der Waals surface area contributed by atoms with E-state index >= 15 is 0 Å². The molecule has 0 fully saturated rings. The Hall–Kier alpha value is -2.28. The molecule has 2 rings (SSSR count). The SMILES string of the molecule is CC(NCCCn1ccnn1)c1cccc([N+](=O)[O-])c1. The van der Waals surface area contributed by atoms with Gasteiger partial charge in [0.05, 0.1) is 11.1 Å². The summed E-state index contributed by atoms with van der Waals surface area (Å²) in [6, 6.07) is 6.78. The van der Waals surface area contributed by atoms with Crippen LogP contribution in [-0.4, -0.2) is 26.5 Å². The third-order valence-electron chi connectivity index (χ3n) is 3.07. The summed E-state index contributed by atoms with van der Waals surface area (Å²) in [6.45, 7) is 3.60. The van der Waals surface area contributed by atoms with Crippen molar-refractivity contribution in [2.24, 2.45) is 0 Å². The van der Waals surface area contributed by atoms with Crippen LogP contribution in [0.4, 0.5) is 5.69 Å². The van der Waals surface area contributed by atoms with Gasteiger partial charge in [0.15, 0.2) is 0 Å². The molecule has 2 aromatic rings. The van der Waals surface area contributed by atoms with E-state index in [0.29, 0.717) is 0 Å². The van der Waals surface area contributed by atoms with Gasteiger partial charge in [0.1, 0.15) is 0 Å². The molecule has 1 unspecified atom stereocenters. The lowest BCUT2D eigenvalue weighted by Crippen LogP contribution is -2.21. The Bertz CT molecular complexity index is 556. The molecule has 0 aliphatic carbocycles. The van der Waals surface area contributed by atoms with Crippen LogP contribution < -0.4 is 5.32 Å². The number of hydrogen-bond acceptors (Lipinski definition) is 5. The van der Waals surface area contributed by atoms with Crippen molar-refractivity contribution in [1.82, 2.24) is 20.3 Å². The van der Waals surface area contributed by atoms with Crippen LogP contribution in [0.3, 0.4) is 0 Å². The molecule has 20 heavy (non-hydrogen) atoms. The zero-order valence-corrected chi connectivity index (χ0v) is 11.3. The highest BCUT2D eigenvalue weighted by Gasteiger charge is 2.10. The lowest BCUT2D eigenvalue weighted by atomic mass is 10.1. The number of nitro groups is 1. The molecule has 0 spiro atoms. The van der Waals surface area contributed by atoms with Crippen molar-refractivity contribution >= 4 is 5.69 Å². The molecule has 0 saturated carbocycles. The van der Waals surface area contributed by atoms with Crippen molar-refractivity contribution in [1.29, 1.82) is 0 Å². The molecule has 1 heterocycles. The Kier molecular flexibility index (Phi) is 4.78. The van der Waals surface area contributed by atoms with Gasteiger partial charge in [-0.3, -0.25) is 14.8 Å². The molecule has 7 heteroatoms. The number of nitro benzene ring substituents is 1. The predicted molar refractivity (Wildman–Crippen MR) is 74.2 cm³/mol. The number of rotatable bonds is 7. The third kappa shape index (κ3) is 3.86. The molecular formula is C13H17N5O2. The van der Waals surface area contributed by atoms with Crippen molar-refractivity contribution in [2.75, 3.05) is 6.54 Å². The molecule has 0 bridgehead atoms. The second-order valence-electron chi connectivity index (χ2n) is 4.55. The molecule has 0 aliphatic rings.